The first kappa shape index (κ1) is 17.1. The Labute approximate surface area is 152 Å². The van der Waals surface area contributed by atoms with Crippen molar-refractivity contribution in [3.8, 4) is 0 Å². The standard InChI is InChI=1S/C20H25N3O3/c1-26-19(25)23-9-4-7-20(14-23)8-10-22(13-20)12-15-11-18(24)16-5-2-3-6-17(16)21-15/h2-3,5-6,11H,4,7-10,12-14H2,1H3,(H,21,24)/t20-/m1/s1. The lowest BCUT2D eigenvalue weighted by Gasteiger charge is -2.39. The summed E-state index contributed by atoms with van der Waals surface area (Å²) < 4.78 is 4.90. The van der Waals surface area contributed by atoms with Crippen molar-refractivity contribution in [3.63, 3.8) is 0 Å². The minimum atomic E-state index is -0.221. The van der Waals surface area contributed by atoms with Gasteiger partial charge in [0.15, 0.2) is 5.43 Å². The number of likely N-dealkylation sites (tertiary alicyclic amines) is 2. The van der Waals surface area contributed by atoms with Gasteiger partial charge in [0.1, 0.15) is 0 Å². The quantitative estimate of drug-likeness (QED) is 0.899. The molecule has 3 heterocycles. The molecule has 0 bridgehead atoms. The fourth-order valence-electron chi connectivity index (χ4n) is 4.57. The van der Waals surface area contributed by atoms with Gasteiger partial charge in [0.25, 0.3) is 0 Å². The monoisotopic (exact) mass is 355 g/mol. The highest BCUT2D eigenvalue weighted by atomic mass is 16.5. The number of methoxy groups -OCH3 is 1. The summed E-state index contributed by atoms with van der Waals surface area (Å²) in [5.74, 6) is 0. The number of para-hydroxylation sites is 1. The number of piperidine rings is 1. The number of aromatic nitrogens is 1. The number of fused-ring (bicyclic) bond motifs is 1. The van der Waals surface area contributed by atoms with Gasteiger partial charge in [-0.15, -0.1) is 0 Å². The van der Waals surface area contributed by atoms with Crippen LogP contribution in [0, 0.1) is 5.41 Å². The smallest absolute Gasteiger partial charge is 0.409 e. The van der Waals surface area contributed by atoms with Crippen LogP contribution in [-0.2, 0) is 11.3 Å². The number of aromatic amines is 1. The molecule has 2 saturated heterocycles. The highest BCUT2D eigenvalue weighted by Crippen LogP contribution is 2.39. The van der Waals surface area contributed by atoms with E-state index in [2.05, 4.69) is 9.88 Å². The van der Waals surface area contributed by atoms with E-state index in [-0.39, 0.29) is 16.9 Å². The number of amides is 1. The maximum atomic E-state index is 12.3. The van der Waals surface area contributed by atoms with E-state index in [1.165, 1.54) is 7.11 Å². The van der Waals surface area contributed by atoms with E-state index < -0.39 is 0 Å². The van der Waals surface area contributed by atoms with E-state index in [9.17, 15) is 9.59 Å². The first-order valence-corrected chi connectivity index (χ1v) is 9.25. The molecular formula is C20H25N3O3. The van der Waals surface area contributed by atoms with E-state index in [4.69, 9.17) is 4.74 Å². The summed E-state index contributed by atoms with van der Waals surface area (Å²) >= 11 is 0. The molecular weight excluding hydrogens is 330 g/mol. The number of hydrogen-bond donors (Lipinski definition) is 1. The van der Waals surface area contributed by atoms with Crippen molar-refractivity contribution >= 4 is 17.0 Å². The number of H-pyrrole nitrogens is 1. The summed E-state index contributed by atoms with van der Waals surface area (Å²) in [5.41, 5.74) is 2.06. The van der Waals surface area contributed by atoms with Gasteiger partial charge in [-0.25, -0.2) is 4.79 Å². The molecule has 6 nitrogen and oxygen atoms in total. The van der Waals surface area contributed by atoms with Gasteiger partial charge in [0, 0.05) is 54.3 Å². The van der Waals surface area contributed by atoms with Gasteiger partial charge in [-0.3, -0.25) is 9.69 Å². The van der Waals surface area contributed by atoms with Gasteiger partial charge in [0.2, 0.25) is 0 Å². The van der Waals surface area contributed by atoms with Crippen molar-refractivity contribution < 1.29 is 9.53 Å². The number of hydrogen-bond acceptors (Lipinski definition) is 4. The second-order valence-electron chi connectivity index (χ2n) is 7.66. The number of nitrogens with zero attached hydrogens (tertiary/aromatic N) is 2. The average Bonchev–Trinajstić information content (AvgIpc) is 3.02. The third-order valence-corrected chi connectivity index (χ3v) is 5.80. The fourth-order valence-corrected chi connectivity index (χ4v) is 4.57. The largest absolute Gasteiger partial charge is 0.453 e. The minimum absolute atomic E-state index is 0.0674. The van der Waals surface area contributed by atoms with Crippen molar-refractivity contribution in [3.05, 3.63) is 46.2 Å². The van der Waals surface area contributed by atoms with Crippen LogP contribution in [0.3, 0.4) is 0 Å². The second-order valence-corrected chi connectivity index (χ2v) is 7.66. The first-order chi connectivity index (χ1) is 12.6. The van der Waals surface area contributed by atoms with Crippen molar-refractivity contribution in [1.82, 2.24) is 14.8 Å². The van der Waals surface area contributed by atoms with Crippen molar-refractivity contribution in [2.45, 2.75) is 25.8 Å². The molecule has 6 heteroatoms. The summed E-state index contributed by atoms with van der Waals surface area (Å²) in [6.45, 7) is 4.23. The predicted octanol–water partition coefficient (Wildman–Crippen LogP) is 2.58. The Morgan fingerprint density at radius 1 is 1.23 bits per heavy atom. The summed E-state index contributed by atoms with van der Waals surface area (Å²) in [7, 11) is 1.45. The van der Waals surface area contributed by atoms with E-state index >= 15 is 0 Å². The molecule has 2 aliphatic rings. The van der Waals surface area contributed by atoms with Crippen LogP contribution in [0.2, 0.25) is 0 Å². The Hall–Kier alpha value is -2.34. The predicted molar refractivity (Wildman–Crippen MR) is 100 cm³/mol. The lowest BCUT2D eigenvalue weighted by molar-refractivity contribution is 0.0689. The Balaban J connectivity index is 1.48. The van der Waals surface area contributed by atoms with E-state index in [1.807, 2.05) is 29.2 Å². The zero-order valence-corrected chi connectivity index (χ0v) is 15.2. The van der Waals surface area contributed by atoms with Gasteiger partial charge >= 0.3 is 6.09 Å². The van der Waals surface area contributed by atoms with Crippen molar-refractivity contribution in [1.29, 1.82) is 0 Å². The molecule has 1 N–H and O–H groups in total. The fraction of sp³-hybridized carbons (Fsp3) is 0.500. The molecule has 1 aromatic carbocycles. The third-order valence-electron chi connectivity index (χ3n) is 5.80. The van der Waals surface area contributed by atoms with E-state index in [0.29, 0.717) is 0 Å². The molecule has 4 rings (SSSR count). The number of benzene rings is 1. The number of carbonyl (C=O) groups excluding carboxylic acids is 1. The van der Waals surface area contributed by atoms with Crippen LogP contribution in [0.15, 0.2) is 35.1 Å². The number of carbonyl (C=O) groups is 1. The second kappa shape index (κ2) is 6.76. The van der Waals surface area contributed by atoms with Crippen molar-refractivity contribution in [2.75, 3.05) is 33.3 Å². The van der Waals surface area contributed by atoms with Gasteiger partial charge in [0.05, 0.1) is 7.11 Å². The van der Waals surface area contributed by atoms with Gasteiger partial charge < -0.3 is 14.6 Å². The van der Waals surface area contributed by atoms with Crippen LogP contribution >= 0.6 is 0 Å². The normalized spacial score (nSPS) is 23.7. The maximum absolute atomic E-state index is 12.3. The minimum Gasteiger partial charge on any atom is -0.453 e. The lowest BCUT2D eigenvalue weighted by atomic mass is 9.79. The maximum Gasteiger partial charge on any atom is 0.409 e. The molecule has 138 valence electrons. The highest BCUT2D eigenvalue weighted by Gasteiger charge is 2.42. The van der Waals surface area contributed by atoms with Crippen LogP contribution < -0.4 is 5.43 Å². The Morgan fingerprint density at radius 3 is 2.92 bits per heavy atom. The number of rotatable bonds is 2. The summed E-state index contributed by atoms with van der Waals surface area (Å²) in [6.07, 6.45) is 3.03. The third kappa shape index (κ3) is 3.21. The Bertz CT molecular complexity index is 878. The molecule has 2 aromatic rings. The van der Waals surface area contributed by atoms with Gasteiger partial charge in [-0.1, -0.05) is 12.1 Å². The molecule has 1 amide bonds. The average molecular weight is 355 g/mol. The van der Waals surface area contributed by atoms with Crippen LogP contribution in [0.4, 0.5) is 4.79 Å². The molecule has 26 heavy (non-hydrogen) atoms. The molecule has 2 fully saturated rings. The molecule has 0 aliphatic carbocycles. The molecule has 0 radical (unpaired) electrons. The lowest BCUT2D eigenvalue weighted by Crippen LogP contribution is -2.47. The van der Waals surface area contributed by atoms with Gasteiger partial charge in [-0.2, -0.15) is 0 Å². The summed E-state index contributed by atoms with van der Waals surface area (Å²) in [6, 6.07) is 9.34. The number of nitrogens with one attached hydrogen (secondary N) is 1. The van der Waals surface area contributed by atoms with Crippen LogP contribution in [0.25, 0.3) is 10.9 Å². The molecule has 0 unspecified atom stereocenters. The molecule has 1 spiro atoms. The Kier molecular flexibility index (Phi) is 4.44. The number of ether oxygens (including phenoxy) is 1. The number of pyridine rings is 1. The van der Waals surface area contributed by atoms with Crippen LogP contribution in [0.1, 0.15) is 25.0 Å². The zero-order chi connectivity index (χ0) is 18.1. The topological polar surface area (TPSA) is 65.6 Å². The van der Waals surface area contributed by atoms with Crippen LogP contribution in [0.5, 0.6) is 0 Å². The molecule has 2 aliphatic heterocycles. The Morgan fingerprint density at radius 2 is 2.08 bits per heavy atom. The van der Waals surface area contributed by atoms with E-state index in [0.717, 1.165) is 68.6 Å². The van der Waals surface area contributed by atoms with Crippen molar-refractivity contribution in [2.24, 2.45) is 5.41 Å². The molecule has 1 aromatic heterocycles. The SMILES string of the molecule is COC(=O)N1CCC[C@]2(CCN(Cc3cc(=O)c4ccccc4[nH]3)C2)C1. The van der Waals surface area contributed by atoms with E-state index in [1.54, 1.807) is 6.07 Å². The summed E-state index contributed by atoms with van der Waals surface area (Å²) in [5, 5.41) is 0.732. The highest BCUT2D eigenvalue weighted by molar-refractivity contribution is 5.78. The first-order valence-electron chi connectivity index (χ1n) is 9.25. The summed E-state index contributed by atoms with van der Waals surface area (Å²) in [4.78, 5) is 31.8. The molecule has 1 atom stereocenters. The van der Waals surface area contributed by atoms with Crippen LogP contribution in [-0.4, -0.2) is 54.2 Å². The molecule has 0 saturated carbocycles. The zero-order valence-electron chi connectivity index (χ0n) is 15.2. The van der Waals surface area contributed by atoms with Gasteiger partial charge in [-0.05, 0) is 37.9 Å².